The molecule has 10 aromatic rings. The third-order valence-corrected chi connectivity index (χ3v) is 9.50. The highest BCUT2D eigenvalue weighted by atomic mass is 14.7. The highest BCUT2D eigenvalue weighted by molar-refractivity contribution is 6.14. The number of hydrogen-bond acceptors (Lipinski definition) is 4. The summed E-state index contributed by atoms with van der Waals surface area (Å²) in [5.74, 6) is 0. The molecule has 0 spiro atoms. The van der Waals surface area contributed by atoms with E-state index in [0.717, 1.165) is 71.7 Å². The minimum Gasteiger partial charge on any atom is -0.254 e. The first kappa shape index (κ1) is 26.7. The Kier molecular flexibility index (Phi) is 5.84. The summed E-state index contributed by atoms with van der Waals surface area (Å²) in [6, 6.07) is 51.4. The van der Waals surface area contributed by atoms with Crippen LogP contribution in [0, 0.1) is 0 Å². The van der Waals surface area contributed by atoms with Crippen LogP contribution in [0.5, 0.6) is 0 Å². The summed E-state index contributed by atoms with van der Waals surface area (Å²) in [6.07, 6.45) is 3.64. The van der Waals surface area contributed by atoms with Gasteiger partial charge in [-0.15, -0.1) is 0 Å². The topological polar surface area (TPSA) is 51.6 Å². The zero-order chi connectivity index (χ0) is 31.6. The minimum absolute atomic E-state index is 0.887. The zero-order valence-electron chi connectivity index (χ0n) is 25.8. The second-order valence-electron chi connectivity index (χ2n) is 12.3. The van der Waals surface area contributed by atoms with Gasteiger partial charge in [-0.25, -0.2) is 9.97 Å². The first-order chi connectivity index (χ1) is 23.8. The summed E-state index contributed by atoms with van der Waals surface area (Å²) in [6.45, 7) is 0. The fourth-order valence-electron chi connectivity index (χ4n) is 7.15. The molecule has 0 N–H and O–H groups in total. The van der Waals surface area contributed by atoms with Crippen molar-refractivity contribution in [2.24, 2.45) is 0 Å². The summed E-state index contributed by atoms with van der Waals surface area (Å²) in [5.41, 5.74) is 9.95. The van der Waals surface area contributed by atoms with Gasteiger partial charge in [0.25, 0.3) is 0 Å². The Morgan fingerprint density at radius 1 is 0.333 bits per heavy atom. The van der Waals surface area contributed by atoms with E-state index in [1.165, 1.54) is 27.1 Å². The van der Waals surface area contributed by atoms with Crippen LogP contribution < -0.4 is 0 Å². The van der Waals surface area contributed by atoms with Crippen LogP contribution in [0.4, 0.5) is 0 Å². The SMILES string of the molecule is c1ccc2c(c1)cc(-c1ccc3ccc(-c4ccc5ccc(-c6cc7cccnc7c7ncccc67)nc5c4)nc3c1)c1ccccc12. The first-order valence-electron chi connectivity index (χ1n) is 16.1. The Labute approximate surface area is 276 Å². The molecule has 0 saturated carbocycles. The standard InChI is InChI=1S/C44H26N4/c1-2-9-33-29(7-1)23-37(35-11-4-3-10-34(33)35)30-15-13-27-17-19-39(47-41(27)25-30)31-16-14-28-18-20-40(48-42(28)26-31)38-24-32-8-5-21-45-43(32)44-36(38)12-6-22-46-44/h1-26H. The first-order valence-corrected chi connectivity index (χ1v) is 16.1. The maximum Gasteiger partial charge on any atom is 0.0971 e. The van der Waals surface area contributed by atoms with Gasteiger partial charge in [0.1, 0.15) is 0 Å². The molecular formula is C44H26N4. The zero-order valence-corrected chi connectivity index (χ0v) is 25.8. The van der Waals surface area contributed by atoms with Crippen molar-refractivity contribution >= 4 is 65.2 Å². The Morgan fingerprint density at radius 2 is 0.917 bits per heavy atom. The monoisotopic (exact) mass is 610 g/mol. The van der Waals surface area contributed by atoms with Gasteiger partial charge in [-0.3, -0.25) is 9.97 Å². The fraction of sp³-hybridized carbons (Fsp3) is 0. The highest BCUT2D eigenvalue weighted by Gasteiger charge is 2.13. The Hall–Kier alpha value is -6.52. The van der Waals surface area contributed by atoms with Crippen LogP contribution in [-0.2, 0) is 0 Å². The molecule has 4 heterocycles. The third kappa shape index (κ3) is 4.24. The van der Waals surface area contributed by atoms with E-state index >= 15 is 0 Å². The number of hydrogen-bond donors (Lipinski definition) is 0. The second-order valence-corrected chi connectivity index (χ2v) is 12.3. The molecule has 0 aliphatic heterocycles. The predicted octanol–water partition coefficient (Wildman–Crippen LogP) is 11.2. The maximum atomic E-state index is 5.19. The van der Waals surface area contributed by atoms with E-state index in [4.69, 9.17) is 15.0 Å². The van der Waals surface area contributed by atoms with Crippen LogP contribution >= 0.6 is 0 Å². The predicted molar refractivity (Wildman–Crippen MR) is 199 cm³/mol. The second kappa shape index (κ2) is 10.5. The molecule has 0 unspecified atom stereocenters. The van der Waals surface area contributed by atoms with Crippen LogP contribution in [0.3, 0.4) is 0 Å². The molecule has 48 heavy (non-hydrogen) atoms. The van der Waals surface area contributed by atoms with Crippen LogP contribution in [0.25, 0.3) is 98.8 Å². The van der Waals surface area contributed by atoms with E-state index in [1.807, 2.05) is 24.5 Å². The van der Waals surface area contributed by atoms with E-state index in [9.17, 15) is 0 Å². The molecular weight excluding hydrogens is 585 g/mol. The number of pyridine rings is 4. The Bertz CT molecular complexity index is 2710. The normalized spacial score (nSPS) is 11.8. The van der Waals surface area contributed by atoms with Gasteiger partial charge in [0.05, 0.1) is 33.5 Å². The molecule has 10 rings (SSSR count). The van der Waals surface area contributed by atoms with Crippen molar-refractivity contribution in [1.29, 1.82) is 0 Å². The maximum absolute atomic E-state index is 5.19. The number of aromatic nitrogens is 4. The molecule has 0 radical (unpaired) electrons. The summed E-state index contributed by atoms with van der Waals surface area (Å²) < 4.78 is 0. The molecule has 0 bridgehead atoms. The summed E-state index contributed by atoms with van der Waals surface area (Å²) in [5, 5.41) is 9.30. The van der Waals surface area contributed by atoms with Crippen molar-refractivity contribution in [3.63, 3.8) is 0 Å². The molecule has 4 heteroatoms. The van der Waals surface area contributed by atoms with E-state index in [-0.39, 0.29) is 0 Å². The van der Waals surface area contributed by atoms with Gasteiger partial charge < -0.3 is 0 Å². The summed E-state index contributed by atoms with van der Waals surface area (Å²) >= 11 is 0. The quantitative estimate of drug-likeness (QED) is 0.187. The molecule has 0 saturated heterocycles. The lowest BCUT2D eigenvalue weighted by Gasteiger charge is -2.12. The molecule has 4 nitrogen and oxygen atoms in total. The molecule has 0 atom stereocenters. The van der Waals surface area contributed by atoms with Crippen molar-refractivity contribution in [2.75, 3.05) is 0 Å². The van der Waals surface area contributed by atoms with Gasteiger partial charge in [-0.2, -0.15) is 0 Å². The number of rotatable bonds is 3. The number of fused-ring (bicyclic) bond motifs is 8. The fourth-order valence-corrected chi connectivity index (χ4v) is 7.15. The van der Waals surface area contributed by atoms with E-state index in [0.29, 0.717) is 0 Å². The van der Waals surface area contributed by atoms with Crippen molar-refractivity contribution in [3.8, 4) is 33.6 Å². The van der Waals surface area contributed by atoms with Crippen molar-refractivity contribution in [2.45, 2.75) is 0 Å². The van der Waals surface area contributed by atoms with Crippen LogP contribution in [0.15, 0.2) is 158 Å². The average molecular weight is 611 g/mol. The summed E-state index contributed by atoms with van der Waals surface area (Å²) in [4.78, 5) is 19.7. The van der Waals surface area contributed by atoms with Gasteiger partial charge in [-0.1, -0.05) is 97.1 Å². The smallest absolute Gasteiger partial charge is 0.0971 e. The largest absolute Gasteiger partial charge is 0.254 e. The van der Waals surface area contributed by atoms with E-state index in [1.54, 1.807) is 0 Å². The lowest BCUT2D eigenvalue weighted by atomic mass is 9.93. The van der Waals surface area contributed by atoms with Crippen LogP contribution in [0.2, 0.25) is 0 Å². The lowest BCUT2D eigenvalue weighted by Crippen LogP contribution is -1.92. The molecule has 0 amide bonds. The summed E-state index contributed by atoms with van der Waals surface area (Å²) in [7, 11) is 0. The van der Waals surface area contributed by atoms with Gasteiger partial charge >= 0.3 is 0 Å². The van der Waals surface area contributed by atoms with E-state index in [2.05, 4.69) is 138 Å². The van der Waals surface area contributed by atoms with E-state index < -0.39 is 0 Å². The molecule has 0 fully saturated rings. The highest BCUT2D eigenvalue weighted by Crippen LogP contribution is 2.37. The molecule has 6 aromatic carbocycles. The Morgan fingerprint density at radius 3 is 1.77 bits per heavy atom. The number of nitrogens with zero attached hydrogens (tertiary/aromatic N) is 4. The van der Waals surface area contributed by atoms with Gasteiger partial charge in [0.2, 0.25) is 0 Å². The van der Waals surface area contributed by atoms with Crippen molar-refractivity contribution in [3.05, 3.63) is 158 Å². The van der Waals surface area contributed by atoms with Crippen LogP contribution in [0.1, 0.15) is 0 Å². The third-order valence-electron chi connectivity index (χ3n) is 9.50. The van der Waals surface area contributed by atoms with Crippen molar-refractivity contribution in [1.82, 2.24) is 19.9 Å². The number of benzene rings is 6. The molecule has 0 aliphatic carbocycles. The average Bonchev–Trinajstić information content (AvgIpc) is 3.16. The Balaban J connectivity index is 1.09. The van der Waals surface area contributed by atoms with Crippen molar-refractivity contribution < 1.29 is 0 Å². The minimum atomic E-state index is 0.887. The lowest BCUT2D eigenvalue weighted by molar-refractivity contribution is 1.36. The van der Waals surface area contributed by atoms with Gasteiger partial charge in [-0.05, 0) is 81.2 Å². The molecule has 222 valence electrons. The van der Waals surface area contributed by atoms with Crippen LogP contribution in [-0.4, -0.2) is 19.9 Å². The van der Waals surface area contributed by atoms with Gasteiger partial charge in [0.15, 0.2) is 0 Å². The van der Waals surface area contributed by atoms with Gasteiger partial charge in [0, 0.05) is 45.1 Å². The molecule has 4 aromatic heterocycles. The molecule has 0 aliphatic rings.